The molecule has 0 spiro atoms. The maximum Gasteiger partial charge on any atom is 0.499 e. The molecule has 0 fully saturated rings. The summed E-state index contributed by atoms with van der Waals surface area (Å²) in [6.45, 7) is 1.77. The van der Waals surface area contributed by atoms with Crippen LogP contribution in [0, 0.1) is 0 Å². The predicted molar refractivity (Wildman–Crippen MR) is 70.9 cm³/mol. The molecule has 19 heavy (non-hydrogen) atoms. The lowest BCUT2D eigenvalue weighted by molar-refractivity contribution is 0.00380. The highest BCUT2D eigenvalue weighted by Gasteiger charge is 2.42. The molecular formula is C11H14N2O4S2. The molecule has 0 saturated carbocycles. The van der Waals surface area contributed by atoms with Crippen LogP contribution in [-0.2, 0) is 19.7 Å². The van der Waals surface area contributed by atoms with Gasteiger partial charge in [0.25, 0.3) is 19.7 Å². The van der Waals surface area contributed by atoms with Crippen molar-refractivity contribution in [3.8, 4) is 0 Å². The van der Waals surface area contributed by atoms with Gasteiger partial charge in [0.15, 0.2) is 0 Å². The Hall–Kier alpha value is -1.50. The molecule has 0 aliphatic heterocycles. The van der Waals surface area contributed by atoms with Crippen molar-refractivity contribution in [2.45, 2.75) is 24.7 Å². The van der Waals surface area contributed by atoms with Crippen LogP contribution >= 0.6 is 0 Å². The number of rotatable bonds is 4. The lowest BCUT2D eigenvalue weighted by atomic mass is 10.4. The molecule has 6 nitrogen and oxygen atoms in total. The van der Waals surface area contributed by atoms with Crippen LogP contribution in [0.3, 0.4) is 0 Å². The van der Waals surface area contributed by atoms with E-state index in [0.29, 0.717) is 12.8 Å². The third-order valence-corrected chi connectivity index (χ3v) is 6.69. The quantitative estimate of drug-likeness (QED) is 0.361. The molecule has 0 bridgehead atoms. The number of sulfone groups is 2. The zero-order valence-electron chi connectivity index (χ0n) is 10.4. The van der Waals surface area contributed by atoms with Crippen LogP contribution in [0.1, 0.15) is 19.8 Å². The van der Waals surface area contributed by atoms with E-state index in [1.54, 1.807) is 13.0 Å². The summed E-state index contributed by atoms with van der Waals surface area (Å²) < 4.78 is 46.8. The molecular weight excluding hydrogens is 288 g/mol. The van der Waals surface area contributed by atoms with Crippen molar-refractivity contribution in [3.63, 3.8) is 0 Å². The van der Waals surface area contributed by atoms with E-state index in [-0.39, 0.29) is 10.6 Å². The summed E-state index contributed by atoms with van der Waals surface area (Å²) >= 11 is 0. The van der Waals surface area contributed by atoms with Gasteiger partial charge < -0.3 is 5.53 Å². The van der Waals surface area contributed by atoms with Gasteiger partial charge in [-0.05, 0) is 18.6 Å². The first-order chi connectivity index (χ1) is 8.86. The van der Waals surface area contributed by atoms with Crippen molar-refractivity contribution < 1.29 is 21.6 Å². The molecule has 0 aliphatic rings. The number of hydrogen-bond acceptors (Lipinski definition) is 4. The van der Waals surface area contributed by atoms with Crippen molar-refractivity contribution in [2.24, 2.45) is 0 Å². The lowest BCUT2D eigenvalue weighted by Crippen LogP contribution is -2.28. The Morgan fingerprint density at radius 3 is 2.21 bits per heavy atom. The summed E-state index contributed by atoms with van der Waals surface area (Å²) in [4.78, 5) is 2.28. The van der Waals surface area contributed by atoms with E-state index in [0.717, 1.165) is 0 Å². The zero-order chi connectivity index (χ0) is 14.5. The van der Waals surface area contributed by atoms with E-state index in [9.17, 15) is 16.8 Å². The maximum absolute atomic E-state index is 12.1. The Kier molecular flexibility index (Phi) is 4.99. The van der Waals surface area contributed by atoms with E-state index in [2.05, 4.69) is 4.79 Å². The molecule has 0 N–H and O–H groups in total. The molecule has 0 heterocycles. The molecule has 104 valence electrons. The van der Waals surface area contributed by atoms with Crippen molar-refractivity contribution in [3.05, 3.63) is 35.9 Å². The molecule has 0 amide bonds. The molecule has 0 radical (unpaired) electrons. The van der Waals surface area contributed by atoms with Crippen LogP contribution in [0.4, 0.5) is 0 Å². The van der Waals surface area contributed by atoms with Gasteiger partial charge in [-0.2, -0.15) is 0 Å². The van der Waals surface area contributed by atoms with Crippen LogP contribution in [0.25, 0.3) is 5.53 Å². The van der Waals surface area contributed by atoms with Crippen LogP contribution < -0.4 is 0 Å². The van der Waals surface area contributed by atoms with Crippen LogP contribution in [-0.4, -0.2) is 31.8 Å². The normalized spacial score (nSPS) is 11.8. The van der Waals surface area contributed by atoms with E-state index < -0.39 is 24.1 Å². The molecule has 0 saturated heterocycles. The summed E-state index contributed by atoms with van der Waals surface area (Å²) in [5.74, 6) is -0.366. The van der Waals surface area contributed by atoms with Gasteiger partial charge in [0.05, 0.1) is 10.6 Å². The highest BCUT2D eigenvalue weighted by molar-refractivity contribution is 8.31. The van der Waals surface area contributed by atoms with E-state index in [1.807, 2.05) is 0 Å². The predicted octanol–water partition coefficient (Wildman–Crippen LogP) is 1.26. The summed E-state index contributed by atoms with van der Waals surface area (Å²) in [6, 6.07) is 7.01. The van der Waals surface area contributed by atoms with Crippen molar-refractivity contribution in [2.75, 3.05) is 5.75 Å². The third-order valence-electron chi connectivity index (χ3n) is 2.40. The Bertz CT molecular complexity index is 687. The minimum absolute atomic E-state index is 0.220. The van der Waals surface area contributed by atoms with Gasteiger partial charge in [-0.15, -0.1) is 4.79 Å². The minimum atomic E-state index is -4.33. The fraction of sp³-hybridized carbons (Fsp3) is 0.364. The molecule has 0 aromatic heterocycles. The summed E-state index contributed by atoms with van der Waals surface area (Å²) in [6.07, 6.45) is 0.884. The molecule has 0 aliphatic carbocycles. The molecule has 8 heteroatoms. The van der Waals surface area contributed by atoms with Crippen molar-refractivity contribution in [1.82, 2.24) is 0 Å². The van der Waals surface area contributed by atoms with E-state index >= 15 is 0 Å². The van der Waals surface area contributed by atoms with Gasteiger partial charge in [-0.25, -0.2) is 16.8 Å². The smallest absolute Gasteiger partial charge is 0.359 e. The van der Waals surface area contributed by atoms with Gasteiger partial charge in [0, 0.05) is 0 Å². The number of unbranched alkanes of at least 4 members (excludes halogenated alkanes) is 1. The highest BCUT2D eigenvalue weighted by Crippen LogP contribution is 2.15. The summed E-state index contributed by atoms with van der Waals surface area (Å²) in [7, 11) is -8.46. The first-order valence-corrected chi connectivity index (χ1v) is 8.74. The second-order valence-corrected chi connectivity index (χ2v) is 8.00. The second-order valence-electron chi connectivity index (χ2n) is 3.85. The topological polar surface area (TPSA) is 105 Å². The number of benzene rings is 1. The first kappa shape index (κ1) is 15.6. The molecule has 1 aromatic carbocycles. The fourth-order valence-corrected chi connectivity index (χ4v) is 5.07. The van der Waals surface area contributed by atoms with E-state index in [4.69, 9.17) is 5.53 Å². The Labute approximate surface area is 112 Å². The van der Waals surface area contributed by atoms with Crippen molar-refractivity contribution in [1.29, 1.82) is 0 Å². The van der Waals surface area contributed by atoms with Crippen molar-refractivity contribution >= 4 is 24.1 Å². The van der Waals surface area contributed by atoms with Gasteiger partial charge in [-0.1, -0.05) is 31.5 Å². The van der Waals surface area contributed by atoms with Crippen LogP contribution in [0.2, 0.25) is 0 Å². The van der Waals surface area contributed by atoms with Gasteiger partial charge in [0.1, 0.15) is 0 Å². The Morgan fingerprint density at radius 2 is 1.74 bits per heavy atom. The van der Waals surface area contributed by atoms with E-state index in [1.165, 1.54) is 24.3 Å². The number of nitrogens with zero attached hydrogens (tertiary/aromatic N) is 2. The lowest BCUT2D eigenvalue weighted by Gasteiger charge is -2.01. The Balaban J connectivity index is 3.31. The highest BCUT2D eigenvalue weighted by atomic mass is 32.3. The SMILES string of the molecule is CCCCS(=O)(=O)C(=[N+]=[N-])S(=O)(=O)c1ccccc1. The average molecular weight is 302 g/mol. The second kappa shape index (κ2) is 6.10. The molecule has 1 rings (SSSR count). The largest absolute Gasteiger partial charge is 0.499 e. The average Bonchev–Trinajstić information content (AvgIpc) is 2.37. The monoisotopic (exact) mass is 302 g/mol. The van der Waals surface area contributed by atoms with Gasteiger partial charge in [-0.3, -0.25) is 0 Å². The fourth-order valence-electron chi connectivity index (χ4n) is 1.41. The minimum Gasteiger partial charge on any atom is -0.359 e. The van der Waals surface area contributed by atoms with Crippen LogP contribution in [0.15, 0.2) is 35.2 Å². The third kappa shape index (κ3) is 3.50. The summed E-state index contributed by atoms with van der Waals surface area (Å²) in [5.41, 5.74) is 8.79. The molecule has 0 unspecified atom stereocenters. The number of hydrogen-bond donors (Lipinski definition) is 0. The molecule has 0 atom stereocenters. The zero-order valence-corrected chi connectivity index (χ0v) is 12.0. The standard InChI is InChI=1S/C11H14N2O4S2/c1-2-3-9-18(14,15)11(13-12)19(16,17)10-7-5-4-6-8-10/h4-8H,2-3,9H2,1H3. The Morgan fingerprint density at radius 1 is 1.16 bits per heavy atom. The van der Waals surface area contributed by atoms with Crippen LogP contribution in [0.5, 0.6) is 0 Å². The summed E-state index contributed by atoms with van der Waals surface area (Å²) in [5, 5.41) is 0. The maximum atomic E-state index is 12.1. The van der Waals surface area contributed by atoms with Gasteiger partial charge >= 0.3 is 4.38 Å². The molecule has 1 aromatic rings. The first-order valence-electron chi connectivity index (χ1n) is 5.61. The van der Waals surface area contributed by atoms with Gasteiger partial charge in [0.2, 0.25) is 0 Å².